The summed E-state index contributed by atoms with van der Waals surface area (Å²) < 4.78 is 19.0. The van der Waals surface area contributed by atoms with Gasteiger partial charge in [0.2, 0.25) is 11.8 Å². The zero-order valence-electron chi connectivity index (χ0n) is 15.0. The highest BCUT2D eigenvalue weighted by atomic mass is 19.1. The molecule has 0 aromatic heterocycles. The number of nitrogens with one attached hydrogen (secondary N) is 1. The van der Waals surface area contributed by atoms with Crippen molar-refractivity contribution in [2.24, 2.45) is 11.1 Å². The zero-order valence-corrected chi connectivity index (χ0v) is 15.0. The van der Waals surface area contributed by atoms with Crippen molar-refractivity contribution in [3.05, 3.63) is 59.9 Å². The van der Waals surface area contributed by atoms with E-state index in [0.29, 0.717) is 32.5 Å². The van der Waals surface area contributed by atoms with Gasteiger partial charge in [-0.3, -0.25) is 9.59 Å². The molecular formula is C21H23FN2O3. The maximum atomic E-state index is 13.5. The van der Waals surface area contributed by atoms with Gasteiger partial charge in [-0.2, -0.15) is 0 Å². The minimum atomic E-state index is -0.645. The number of benzene rings is 2. The van der Waals surface area contributed by atoms with Crippen LogP contribution in [-0.4, -0.2) is 31.6 Å². The van der Waals surface area contributed by atoms with Crippen molar-refractivity contribution in [2.45, 2.75) is 19.3 Å². The molecule has 0 spiro atoms. The SMILES string of the molecule is NC(=O)CNC(=O)C1(Cc2cccc(-c3cccc(F)c3)c2)CCOCC1. The molecule has 1 saturated heterocycles. The van der Waals surface area contributed by atoms with Crippen LogP contribution in [0.25, 0.3) is 11.1 Å². The Morgan fingerprint density at radius 1 is 1.07 bits per heavy atom. The number of rotatable bonds is 6. The molecule has 3 N–H and O–H groups in total. The van der Waals surface area contributed by atoms with Gasteiger partial charge in [-0.1, -0.05) is 36.4 Å². The van der Waals surface area contributed by atoms with Crippen LogP contribution >= 0.6 is 0 Å². The number of primary amides is 1. The van der Waals surface area contributed by atoms with Crippen molar-refractivity contribution in [2.75, 3.05) is 19.8 Å². The highest BCUT2D eigenvalue weighted by Gasteiger charge is 2.40. The van der Waals surface area contributed by atoms with Crippen LogP contribution in [0.2, 0.25) is 0 Å². The van der Waals surface area contributed by atoms with Crippen LogP contribution in [-0.2, 0) is 20.7 Å². The van der Waals surface area contributed by atoms with Crippen LogP contribution in [0.3, 0.4) is 0 Å². The summed E-state index contributed by atoms with van der Waals surface area (Å²) in [7, 11) is 0. The molecule has 0 radical (unpaired) electrons. The molecule has 2 aromatic rings. The Morgan fingerprint density at radius 2 is 1.74 bits per heavy atom. The lowest BCUT2D eigenvalue weighted by molar-refractivity contribution is -0.137. The number of ether oxygens (including phenoxy) is 1. The number of nitrogens with two attached hydrogens (primary N) is 1. The summed E-state index contributed by atoms with van der Waals surface area (Å²) >= 11 is 0. The third-order valence-corrected chi connectivity index (χ3v) is 4.98. The van der Waals surface area contributed by atoms with Crippen LogP contribution in [0.4, 0.5) is 4.39 Å². The van der Waals surface area contributed by atoms with Crippen molar-refractivity contribution in [1.82, 2.24) is 5.32 Å². The first-order valence-electron chi connectivity index (χ1n) is 8.98. The van der Waals surface area contributed by atoms with E-state index >= 15 is 0 Å². The van der Waals surface area contributed by atoms with E-state index in [1.807, 2.05) is 30.3 Å². The Kier molecular flexibility index (Phi) is 5.86. The molecule has 2 aromatic carbocycles. The highest BCUT2D eigenvalue weighted by Crippen LogP contribution is 2.35. The van der Waals surface area contributed by atoms with E-state index in [9.17, 15) is 14.0 Å². The second-order valence-electron chi connectivity index (χ2n) is 6.93. The minimum absolute atomic E-state index is 0.176. The summed E-state index contributed by atoms with van der Waals surface area (Å²) in [5.41, 5.74) is 7.17. The fourth-order valence-electron chi connectivity index (χ4n) is 3.52. The van der Waals surface area contributed by atoms with Gasteiger partial charge in [-0.05, 0) is 48.1 Å². The normalized spacial score (nSPS) is 15.9. The summed E-state index contributed by atoms with van der Waals surface area (Å²) in [6, 6.07) is 14.2. The van der Waals surface area contributed by atoms with Crippen molar-refractivity contribution in [3.63, 3.8) is 0 Å². The standard InChI is InChI=1S/C21H23FN2O3/c22-18-6-2-5-17(12-18)16-4-1-3-15(11-16)13-21(7-9-27-10-8-21)20(26)24-14-19(23)25/h1-6,11-12H,7-10,13-14H2,(H2,23,25)(H,24,26). The van der Waals surface area contributed by atoms with Crippen molar-refractivity contribution in [3.8, 4) is 11.1 Å². The Hall–Kier alpha value is -2.73. The minimum Gasteiger partial charge on any atom is -0.381 e. The average Bonchev–Trinajstić information content (AvgIpc) is 2.67. The molecule has 3 rings (SSSR count). The molecule has 142 valence electrons. The van der Waals surface area contributed by atoms with Gasteiger partial charge in [0, 0.05) is 13.2 Å². The monoisotopic (exact) mass is 370 g/mol. The molecule has 1 heterocycles. The number of hydrogen-bond donors (Lipinski definition) is 2. The van der Waals surface area contributed by atoms with Gasteiger partial charge in [-0.25, -0.2) is 4.39 Å². The molecule has 0 unspecified atom stereocenters. The first-order chi connectivity index (χ1) is 13.0. The molecule has 6 heteroatoms. The van der Waals surface area contributed by atoms with E-state index in [2.05, 4.69) is 5.32 Å². The molecular weight excluding hydrogens is 347 g/mol. The van der Waals surface area contributed by atoms with Gasteiger partial charge in [0.15, 0.2) is 0 Å². The summed E-state index contributed by atoms with van der Waals surface area (Å²) in [5, 5.41) is 2.65. The van der Waals surface area contributed by atoms with Crippen molar-refractivity contribution >= 4 is 11.8 Å². The van der Waals surface area contributed by atoms with Crippen molar-refractivity contribution in [1.29, 1.82) is 0 Å². The maximum Gasteiger partial charge on any atom is 0.236 e. The molecule has 0 atom stereocenters. The third-order valence-electron chi connectivity index (χ3n) is 4.98. The predicted molar refractivity (Wildman–Crippen MR) is 100 cm³/mol. The Labute approximate surface area is 157 Å². The van der Waals surface area contributed by atoms with Crippen LogP contribution in [0.5, 0.6) is 0 Å². The fraction of sp³-hybridized carbons (Fsp3) is 0.333. The fourth-order valence-corrected chi connectivity index (χ4v) is 3.52. The van der Waals surface area contributed by atoms with Gasteiger partial charge in [0.05, 0.1) is 12.0 Å². The number of carbonyl (C=O) groups is 2. The lowest BCUT2D eigenvalue weighted by atomic mass is 9.74. The number of hydrogen-bond acceptors (Lipinski definition) is 3. The summed E-state index contributed by atoms with van der Waals surface area (Å²) in [5.74, 6) is -1.04. The predicted octanol–water partition coefficient (Wildman–Crippen LogP) is 2.43. The largest absolute Gasteiger partial charge is 0.381 e. The van der Waals surface area contributed by atoms with Gasteiger partial charge in [-0.15, -0.1) is 0 Å². The Bertz CT molecular complexity index is 832. The summed E-state index contributed by atoms with van der Waals surface area (Å²) in [6.45, 7) is 0.811. The van der Waals surface area contributed by atoms with E-state index < -0.39 is 11.3 Å². The molecule has 0 aliphatic carbocycles. The molecule has 0 saturated carbocycles. The molecule has 5 nitrogen and oxygen atoms in total. The quantitative estimate of drug-likeness (QED) is 0.819. The Morgan fingerprint density at radius 3 is 2.41 bits per heavy atom. The smallest absolute Gasteiger partial charge is 0.236 e. The van der Waals surface area contributed by atoms with E-state index in [-0.39, 0.29) is 18.3 Å². The van der Waals surface area contributed by atoms with E-state index in [4.69, 9.17) is 10.5 Å². The summed E-state index contributed by atoms with van der Waals surface area (Å²) in [6.07, 6.45) is 1.66. The molecule has 0 bridgehead atoms. The Balaban J connectivity index is 1.84. The van der Waals surface area contributed by atoms with Crippen LogP contribution in [0.15, 0.2) is 48.5 Å². The van der Waals surface area contributed by atoms with Gasteiger partial charge in [0.1, 0.15) is 5.82 Å². The average molecular weight is 370 g/mol. The third kappa shape index (κ3) is 4.71. The lowest BCUT2D eigenvalue weighted by Crippen LogP contribution is -2.48. The number of amides is 2. The summed E-state index contributed by atoms with van der Waals surface area (Å²) in [4.78, 5) is 23.8. The molecule has 1 aliphatic rings. The van der Waals surface area contributed by atoms with Gasteiger partial charge in [0.25, 0.3) is 0 Å². The van der Waals surface area contributed by atoms with Crippen LogP contribution in [0.1, 0.15) is 18.4 Å². The molecule has 27 heavy (non-hydrogen) atoms. The van der Waals surface area contributed by atoms with Crippen molar-refractivity contribution < 1.29 is 18.7 Å². The second kappa shape index (κ2) is 8.31. The second-order valence-corrected chi connectivity index (χ2v) is 6.93. The van der Waals surface area contributed by atoms with Crippen LogP contribution < -0.4 is 11.1 Å². The highest BCUT2D eigenvalue weighted by molar-refractivity contribution is 5.87. The number of halogens is 1. The molecule has 1 aliphatic heterocycles. The topological polar surface area (TPSA) is 81.4 Å². The maximum absolute atomic E-state index is 13.5. The first-order valence-corrected chi connectivity index (χ1v) is 8.98. The lowest BCUT2D eigenvalue weighted by Gasteiger charge is -2.36. The van der Waals surface area contributed by atoms with E-state index in [1.165, 1.54) is 12.1 Å². The first kappa shape index (κ1) is 19.0. The van der Waals surface area contributed by atoms with E-state index in [1.54, 1.807) is 6.07 Å². The van der Waals surface area contributed by atoms with Gasteiger partial charge >= 0.3 is 0 Å². The molecule has 2 amide bonds. The zero-order chi connectivity index (χ0) is 19.3. The van der Waals surface area contributed by atoms with Crippen LogP contribution in [0, 0.1) is 11.2 Å². The number of carbonyl (C=O) groups excluding carboxylic acids is 2. The molecule has 1 fully saturated rings. The van der Waals surface area contributed by atoms with Gasteiger partial charge < -0.3 is 15.8 Å². The van der Waals surface area contributed by atoms with E-state index in [0.717, 1.165) is 16.7 Å².